The van der Waals surface area contributed by atoms with Gasteiger partial charge in [-0.05, 0) is 42.8 Å². The SMILES string of the molecule is COc1ccc(-n2c(SCC(=O)N[C@H](C)c3ccccc3)nc3ccc(O)cc3c2=O)cc1OC. The molecule has 35 heavy (non-hydrogen) atoms. The quantitative estimate of drug-likeness (QED) is 0.283. The monoisotopic (exact) mass is 491 g/mol. The normalized spacial score (nSPS) is 11.7. The van der Waals surface area contributed by atoms with Crippen LogP contribution in [-0.4, -0.2) is 40.5 Å². The Morgan fingerprint density at radius 1 is 1.06 bits per heavy atom. The summed E-state index contributed by atoms with van der Waals surface area (Å²) >= 11 is 1.15. The number of carbonyl (C=O) groups is 1. The molecule has 4 rings (SSSR count). The number of ether oxygens (including phenoxy) is 2. The van der Waals surface area contributed by atoms with Gasteiger partial charge < -0.3 is 19.9 Å². The average Bonchev–Trinajstić information content (AvgIpc) is 2.88. The van der Waals surface area contributed by atoms with Crippen LogP contribution >= 0.6 is 11.8 Å². The van der Waals surface area contributed by atoms with Gasteiger partial charge in [-0.15, -0.1) is 0 Å². The maximum Gasteiger partial charge on any atom is 0.266 e. The van der Waals surface area contributed by atoms with Gasteiger partial charge in [-0.1, -0.05) is 42.1 Å². The Morgan fingerprint density at radius 2 is 1.80 bits per heavy atom. The number of aromatic hydroxyl groups is 1. The van der Waals surface area contributed by atoms with E-state index in [9.17, 15) is 14.7 Å². The molecule has 0 aliphatic carbocycles. The van der Waals surface area contributed by atoms with Gasteiger partial charge in [-0.2, -0.15) is 0 Å². The van der Waals surface area contributed by atoms with E-state index < -0.39 is 0 Å². The first kappa shape index (κ1) is 24.2. The molecule has 0 bridgehead atoms. The van der Waals surface area contributed by atoms with Gasteiger partial charge in [0.15, 0.2) is 16.7 Å². The molecule has 2 N–H and O–H groups in total. The number of hydrogen-bond acceptors (Lipinski definition) is 7. The smallest absolute Gasteiger partial charge is 0.266 e. The lowest BCUT2D eigenvalue weighted by Gasteiger charge is -2.16. The van der Waals surface area contributed by atoms with Gasteiger partial charge >= 0.3 is 0 Å². The number of phenols is 1. The molecule has 180 valence electrons. The molecule has 3 aromatic carbocycles. The molecule has 0 saturated carbocycles. The van der Waals surface area contributed by atoms with Crippen molar-refractivity contribution < 1.29 is 19.4 Å². The molecule has 1 amide bonds. The first-order chi connectivity index (χ1) is 16.9. The molecule has 0 fully saturated rings. The summed E-state index contributed by atoms with van der Waals surface area (Å²) < 4.78 is 12.1. The fraction of sp³-hybridized carbons (Fsp3) is 0.192. The summed E-state index contributed by atoms with van der Waals surface area (Å²) in [6.45, 7) is 1.91. The van der Waals surface area contributed by atoms with Gasteiger partial charge in [-0.25, -0.2) is 4.98 Å². The van der Waals surface area contributed by atoms with Crippen LogP contribution in [-0.2, 0) is 4.79 Å². The lowest BCUT2D eigenvalue weighted by Crippen LogP contribution is -2.29. The standard InChI is InChI=1S/C26H25N3O5S/c1-16(17-7-5-4-6-8-17)27-24(31)15-35-26-28-21-11-10-19(30)14-20(21)25(32)29(26)18-9-12-22(33-2)23(13-18)34-3/h4-14,16,30H,15H2,1-3H3,(H,27,31)/t16-/m1/s1. The highest BCUT2D eigenvalue weighted by molar-refractivity contribution is 7.99. The molecule has 4 aromatic rings. The number of hydrogen-bond donors (Lipinski definition) is 2. The molecular formula is C26H25N3O5S. The molecular weight excluding hydrogens is 466 g/mol. The van der Waals surface area contributed by atoms with E-state index in [0.717, 1.165) is 17.3 Å². The van der Waals surface area contributed by atoms with E-state index in [4.69, 9.17) is 9.47 Å². The van der Waals surface area contributed by atoms with Crippen molar-refractivity contribution in [3.8, 4) is 22.9 Å². The van der Waals surface area contributed by atoms with Crippen molar-refractivity contribution in [3.05, 3.63) is 82.6 Å². The van der Waals surface area contributed by atoms with Crippen LogP contribution in [0.3, 0.4) is 0 Å². The number of aromatic nitrogens is 2. The maximum absolute atomic E-state index is 13.5. The van der Waals surface area contributed by atoms with Crippen LogP contribution in [0, 0.1) is 0 Å². The van der Waals surface area contributed by atoms with Gasteiger partial charge in [0.2, 0.25) is 5.91 Å². The summed E-state index contributed by atoms with van der Waals surface area (Å²) in [6, 6.07) is 19.0. The summed E-state index contributed by atoms with van der Waals surface area (Å²) in [6.07, 6.45) is 0. The molecule has 0 aliphatic heterocycles. The largest absolute Gasteiger partial charge is 0.508 e. The molecule has 0 radical (unpaired) electrons. The van der Waals surface area contributed by atoms with Crippen LogP contribution in [0.4, 0.5) is 0 Å². The lowest BCUT2D eigenvalue weighted by atomic mass is 10.1. The summed E-state index contributed by atoms with van der Waals surface area (Å²) in [5.41, 5.74) is 1.53. The molecule has 0 saturated heterocycles. The van der Waals surface area contributed by atoms with Crippen molar-refractivity contribution in [2.75, 3.05) is 20.0 Å². The molecule has 8 nitrogen and oxygen atoms in total. The topological polar surface area (TPSA) is 103 Å². The van der Waals surface area contributed by atoms with Crippen LogP contribution in [0.2, 0.25) is 0 Å². The van der Waals surface area contributed by atoms with E-state index in [2.05, 4.69) is 10.3 Å². The van der Waals surface area contributed by atoms with E-state index in [1.165, 1.54) is 30.9 Å². The minimum absolute atomic E-state index is 0.0371. The zero-order valence-corrected chi connectivity index (χ0v) is 20.3. The van der Waals surface area contributed by atoms with Gasteiger partial charge in [0.25, 0.3) is 5.56 Å². The molecule has 0 aliphatic rings. The molecule has 1 atom stereocenters. The predicted octanol–water partition coefficient (Wildman–Crippen LogP) is 4.08. The highest BCUT2D eigenvalue weighted by atomic mass is 32.2. The maximum atomic E-state index is 13.5. The third kappa shape index (κ3) is 5.25. The number of nitrogens with zero attached hydrogens (tertiary/aromatic N) is 2. The lowest BCUT2D eigenvalue weighted by molar-refractivity contribution is -0.119. The van der Waals surface area contributed by atoms with Crippen LogP contribution < -0.4 is 20.3 Å². The minimum atomic E-state index is -0.376. The Hall–Kier alpha value is -3.98. The van der Waals surface area contributed by atoms with Crippen LogP contribution in [0.1, 0.15) is 18.5 Å². The number of rotatable bonds is 8. The van der Waals surface area contributed by atoms with Crippen molar-refractivity contribution in [1.82, 2.24) is 14.9 Å². The van der Waals surface area contributed by atoms with Crippen molar-refractivity contribution >= 4 is 28.6 Å². The number of amides is 1. The second-order valence-electron chi connectivity index (χ2n) is 7.76. The van der Waals surface area contributed by atoms with Crippen molar-refractivity contribution in [1.29, 1.82) is 0 Å². The zero-order chi connectivity index (χ0) is 24.9. The van der Waals surface area contributed by atoms with Gasteiger partial charge in [0, 0.05) is 6.07 Å². The van der Waals surface area contributed by atoms with E-state index in [-0.39, 0.29) is 34.4 Å². The second-order valence-corrected chi connectivity index (χ2v) is 8.71. The Balaban J connectivity index is 1.69. The number of methoxy groups -OCH3 is 2. The summed E-state index contributed by atoms with van der Waals surface area (Å²) in [4.78, 5) is 30.8. The minimum Gasteiger partial charge on any atom is -0.508 e. The molecule has 9 heteroatoms. The number of fused-ring (bicyclic) bond motifs is 1. The number of phenolic OH excluding ortho intramolecular Hbond substituents is 1. The fourth-order valence-corrected chi connectivity index (χ4v) is 4.50. The van der Waals surface area contributed by atoms with Gasteiger partial charge in [0.1, 0.15) is 5.75 Å². The Morgan fingerprint density at radius 3 is 2.51 bits per heavy atom. The third-order valence-electron chi connectivity index (χ3n) is 5.46. The molecule has 1 aromatic heterocycles. The van der Waals surface area contributed by atoms with Crippen molar-refractivity contribution in [3.63, 3.8) is 0 Å². The second kappa shape index (κ2) is 10.5. The highest BCUT2D eigenvalue weighted by Gasteiger charge is 2.18. The first-order valence-electron chi connectivity index (χ1n) is 10.9. The molecule has 0 unspecified atom stereocenters. The Labute approximate surface area is 206 Å². The Bertz CT molecular complexity index is 1420. The fourth-order valence-electron chi connectivity index (χ4n) is 3.68. The first-order valence-corrected chi connectivity index (χ1v) is 11.8. The van der Waals surface area contributed by atoms with Crippen molar-refractivity contribution in [2.45, 2.75) is 18.1 Å². The van der Waals surface area contributed by atoms with E-state index >= 15 is 0 Å². The summed E-state index contributed by atoms with van der Waals surface area (Å²) in [5.74, 6) is 0.785. The number of carbonyl (C=O) groups excluding carboxylic acids is 1. The van der Waals surface area contributed by atoms with E-state index in [0.29, 0.717) is 27.9 Å². The van der Waals surface area contributed by atoms with E-state index in [1.807, 2.05) is 37.3 Å². The zero-order valence-electron chi connectivity index (χ0n) is 19.5. The summed E-state index contributed by atoms with van der Waals surface area (Å²) in [5, 5.41) is 13.5. The third-order valence-corrected chi connectivity index (χ3v) is 6.39. The number of thioether (sulfide) groups is 1. The van der Waals surface area contributed by atoms with Crippen molar-refractivity contribution in [2.24, 2.45) is 0 Å². The predicted molar refractivity (Wildman–Crippen MR) is 136 cm³/mol. The van der Waals surface area contributed by atoms with Gasteiger partial charge in [0.05, 0.1) is 42.6 Å². The van der Waals surface area contributed by atoms with Crippen LogP contribution in [0.5, 0.6) is 17.2 Å². The van der Waals surface area contributed by atoms with Crippen LogP contribution in [0.15, 0.2) is 76.7 Å². The average molecular weight is 492 g/mol. The molecule has 0 spiro atoms. The molecule has 1 heterocycles. The highest BCUT2D eigenvalue weighted by Crippen LogP contribution is 2.31. The summed E-state index contributed by atoms with van der Waals surface area (Å²) in [7, 11) is 3.04. The number of benzene rings is 3. The van der Waals surface area contributed by atoms with E-state index in [1.54, 1.807) is 24.3 Å². The van der Waals surface area contributed by atoms with Crippen LogP contribution in [0.25, 0.3) is 16.6 Å². The Kier molecular flexibility index (Phi) is 7.26. The van der Waals surface area contributed by atoms with Gasteiger partial charge in [-0.3, -0.25) is 14.2 Å². The number of nitrogens with one attached hydrogen (secondary N) is 1.